The van der Waals surface area contributed by atoms with Crippen molar-refractivity contribution >= 4 is 0 Å². The standard InChI is InChI=1S/C14H23N/c1-11(2)10-13(8-9-15)14-7-5-4-6-12(14)3/h4-7,11,13H,8-10,15H2,1-3H3. The van der Waals surface area contributed by atoms with Gasteiger partial charge in [0.25, 0.3) is 0 Å². The zero-order chi connectivity index (χ0) is 11.3. The first-order valence-corrected chi connectivity index (χ1v) is 5.90. The quantitative estimate of drug-likeness (QED) is 0.782. The summed E-state index contributed by atoms with van der Waals surface area (Å²) in [6.07, 6.45) is 2.34. The Hall–Kier alpha value is -0.820. The lowest BCUT2D eigenvalue weighted by atomic mass is 9.85. The highest BCUT2D eigenvalue weighted by molar-refractivity contribution is 5.29. The van der Waals surface area contributed by atoms with Gasteiger partial charge in [-0.1, -0.05) is 38.1 Å². The first-order chi connectivity index (χ1) is 7.15. The first-order valence-electron chi connectivity index (χ1n) is 5.90. The van der Waals surface area contributed by atoms with Gasteiger partial charge in [0.1, 0.15) is 0 Å². The Morgan fingerprint density at radius 2 is 1.87 bits per heavy atom. The van der Waals surface area contributed by atoms with Gasteiger partial charge in [-0.25, -0.2) is 0 Å². The van der Waals surface area contributed by atoms with Gasteiger partial charge in [0.2, 0.25) is 0 Å². The molecule has 0 aliphatic rings. The van der Waals surface area contributed by atoms with Crippen LogP contribution in [-0.2, 0) is 0 Å². The second-order valence-electron chi connectivity index (χ2n) is 4.76. The van der Waals surface area contributed by atoms with Crippen LogP contribution in [0.5, 0.6) is 0 Å². The molecule has 0 heterocycles. The fraction of sp³-hybridized carbons (Fsp3) is 0.571. The molecule has 0 amide bonds. The molecule has 0 radical (unpaired) electrons. The van der Waals surface area contributed by atoms with Crippen molar-refractivity contribution in [1.29, 1.82) is 0 Å². The molecule has 0 saturated heterocycles. The van der Waals surface area contributed by atoms with Gasteiger partial charge in [-0.05, 0) is 49.3 Å². The Kier molecular flexibility index (Phi) is 4.83. The highest BCUT2D eigenvalue weighted by Crippen LogP contribution is 2.28. The zero-order valence-corrected chi connectivity index (χ0v) is 10.2. The van der Waals surface area contributed by atoms with E-state index in [-0.39, 0.29) is 0 Å². The lowest BCUT2D eigenvalue weighted by molar-refractivity contribution is 0.479. The summed E-state index contributed by atoms with van der Waals surface area (Å²) in [6.45, 7) is 7.54. The van der Waals surface area contributed by atoms with Gasteiger partial charge in [0.05, 0.1) is 0 Å². The molecule has 1 heteroatoms. The van der Waals surface area contributed by atoms with E-state index in [0.29, 0.717) is 5.92 Å². The second-order valence-corrected chi connectivity index (χ2v) is 4.76. The summed E-state index contributed by atoms with van der Waals surface area (Å²) < 4.78 is 0. The highest BCUT2D eigenvalue weighted by Gasteiger charge is 2.14. The molecule has 1 aromatic rings. The van der Waals surface area contributed by atoms with Crippen molar-refractivity contribution in [2.24, 2.45) is 11.7 Å². The fourth-order valence-corrected chi connectivity index (χ4v) is 2.22. The Labute approximate surface area is 93.7 Å². The summed E-state index contributed by atoms with van der Waals surface area (Å²) in [5, 5.41) is 0. The summed E-state index contributed by atoms with van der Waals surface area (Å²) in [7, 11) is 0. The summed E-state index contributed by atoms with van der Waals surface area (Å²) in [6, 6.07) is 8.68. The number of nitrogens with two attached hydrogens (primary N) is 1. The number of hydrogen-bond acceptors (Lipinski definition) is 1. The van der Waals surface area contributed by atoms with E-state index >= 15 is 0 Å². The molecule has 84 valence electrons. The predicted molar refractivity (Wildman–Crippen MR) is 67.0 cm³/mol. The molecule has 1 atom stereocenters. The molecule has 15 heavy (non-hydrogen) atoms. The molecule has 0 aliphatic heterocycles. The van der Waals surface area contributed by atoms with E-state index in [9.17, 15) is 0 Å². The zero-order valence-electron chi connectivity index (χ0n) is 10.2. The van der Waals surface area contributed by atoms with Crippen LogP contribution in [0.3, 0.4) is 0 Å². The molecule has 0 spiro atoms. The van der Waals surface area contributed by atoms with Crippen molar-refractivity contribution in [2.75, 3.05) is 6.54 Å². The van der Waals surface area contributed by atoms with Gasteiger partial charge in [-0.15, -0.1) is 0 Å². The van der Waals surface area contributed by atoms with Crippen LogP contribution >= 0.6 is 0 Å². The lowest BCUT2D eigenvalue weighted by Crippen LogP contribution is -2.10. The van der Waals surface area contributed by atoms with Crippen LogP contribution in [-0.4, -0.2) is 6.54 Å². The van der Waals surface area contributed by atoms with E-state index < -0.39 is 0 Å². The molecule has 0 aromatic heterocycles. The van der Waals surface area contributed by atoms with Crippen LogP contribution in [0.15, 0.2) is 24.3 Å². The third-order valence-corrected chi connectivity index (χ3v) is 2.90. The third kappa shape index (κ3) is 3.67. The predicted octanol–water partition coefficient (Wildman–Crippen LogP) is 3.47. The van der Waals surface area contributed by atoms with Crippen molar-refractivity contribution in [3.8, 4) is 0 Å². The maximum absolute atomic E-state index is 5.69. The van der Waals surface area contributed by atoms with Crippen LogP contribution < -0.4 is 5.73 Å². The Morgan fingerprint density at radius 1 is 1.20 bits per heavy atom. The largest absolute Gasteiger partial charge is 0.330 e. The van der Waals surface area contributed by atoms with E-state index in [0.717, 1.165) is 18.9 Å². The van der Waals surface area contributed by atoms with Gasteiger partial charge in [-0.2, -0.15) is 0 Å². The maximum atomic E-state index is 5.69. The number of benzene rings is 1. The molecule has 2 N–H and O–H groups in total. The van der Waals surface area contributed by atoms with E-state index in [1.807, 2.05) is 0 Å². The minimum atomic E-state index is 0.635. The summed E-state index contributed by atoms with van der Waals surface area (Å²) in [5.41, 5.74) is 8.58. The van der Waals surface area contributed by atoms with Gasteiger partial charge >= 0.3 is 0 Å². The average molecular weight is 205 g/mol. The van der Waals surface area contributed by atoms with E-state index in [4.69, 9.17) is 5.73 Å². The third-order valence-electron chi connectivity index (χ3n) is 2.90. The lowest BCUT2D eigenvalue weighted by Gasteiger charge is -2.20. The highest BCUT2D eigenvalue weighted by atomic mass is 14.5. The minimum absolute atomic E-state index is 0.635. The number of hydrogen-bond donors (Lipinski definition) is 1. The Bertz CT molecular complexity index is 291. The molecule has 0 saturated carbocycles. The fourth-order valence-electron chi connectivity index (χ4n) is 2.22. The van der Waals surface area contributed by atoms with Crippen molar-refractivity contribution in [3.05, 3.63) is 35.4 Å². The van der Waals surface area contributed by atoms with Crippen molar-refractivity contribution in [1.82, 2.24) is 0 Å². The summed E-state index contributed by atoms with van der Waals surface area (Å²) in [4.78, 5) is 0. The van der Waals surface area contributed by atoms with E-state index in [1.165, 1.54) is 17.5 Å². The molecular formula is C14H23N. The first kappa shape index (κ1) is 12.3. The van der Waals surface area contributed by atoms with Gasteiger partial charge < -0.3 is 5.73 Å². The summed E-state index contributed by atoms with van der Waals surface area (Å²) in [5.74, 6) is 1.37. The Morgan fingerprint density at radius 3 is 2.40 bits per heavy atom. The normalized spacial score (nSPS) is 13.1. The topological polar surface area (TPSA) is 26.0 Å². The van der Waals surface area contributed by atoms with Crippen molar-refractivity contribution in [3.63, 3.8) is 0 Å². The van der Waals surface area contributed by atoms with Crippen LogP contribution in [0.4, 0.5) is 0 Å². The molecule has 0 fully saturated rings. The van der Waals surface area contributed by atoms with E-state index in [2.05, 4.69) is 45.0 Å². The van der Waals surface area contributed by atoms with Gasteiger partial charge in [-0.3, -0.25) is 0 Å². The van der Waals surface area contributed by atoms with Crippen LogP contribution in [0.25, 0.3) is 0 Å². The summed E-state index contributed by atoms with van der Waals surface area (Å²) >= 11 is 0. The van der Waals surface area contributed by atoms with Gasteiger partial charge in [0.15, 0.2) is 0 Å². The molecule has 1 nitrogen and oxygen atoms in total. The maximum Gasteiger partial charge on any atom is -0.00714 e. The SMILES string of the molecule is Cc1ccccc1C(CCN)CC(C)C. The molecule has 1 aromatic carbocycles. The Balaban J connectivity index is 2.83. The molecule has 0 bridgehead atoms. The van der Waals surface area contributed by atoms with Crippen LogP contribution in [0.1, 0.15) is 43.7 Å². The monoisotopic (exact) mass is 205 g/mol. The molecule has 1 unspecified atom stereocenters. The molecule has 0 aliphatic carbocycles. The number of aryl methyl sites for hydroxylation is 1. The number of rotatable bonds is 5. The molecule has 1 rings (SSSR count). The smallest absolute Gasteiger partial charge is 0.00714 e. The van der Waals surface area contributed by atoms with Crippen molar-refractivity contribution < 1.29 is 0 Å². The molecular weight excluding hydrogens is 182 g/mol. The van der Waals surface area contributed by atoms with Gasteiger partial charge in [0, 0.05) is 0 Å². The van der Waals surface area contributed by atoms with Crippen LogP contribution in [0.2, 0.25) is 0 Å². The van der Waals surface area contributed by atoms with E-state index in [1.54, 1.807) is 0 Å². The van der Waals surface area contributed by atoms with Crippen LogP contribution in [0, 0.1) is 12.8 Å². The minimum Gasteiger partial charge on any atom is -0.330 e. The van der Waals surface area contributed by atoms with Crippen molar-refractivity contribution in [2.45, 2.75) is 39.5 Å². The second kappa shape index (κ2) is 5.92. The average Bonchev–Trinajstić information content (AvgIpc) is 2.17.